The van der Waals surface area contributed by atoms with Crippen molar-refractivity contribution in [1.82, 2.24) is 20.3 Å². The molecule has 0 bridgehead atoms. The maximum Gasteiger partial charge on any atom is 0.276 e. The Morgan fingerprint density at radius 1 is 1.18 bits per heavy atom. The Kier molecular flexibility index (Phi) is 4.22. The number of methoxy groups -OCH3 is 1. The first-order valence-corrected chi connectivity index (χ1v) is 7.32. The number of rotatable bonds is 3. The lowest BCUT2D eigenvalue weighted by atomic mass is 10.2. The van der Waals surface area contributed by atoms with Gasteiger partial charge in [-0.2, -0.15) is 15.4 Å². The Morgan fingerprint density at radius 3 is 2.68 bits per heavy atom. The van der Waals surface area contributed by atoms with Crippen molar-refractivity contribution in [2.24, 2.45) is 0 Å². The Hall–Kier alpha value is -2.57. The van der Waals surface area contributed by atoms with Crippen LogP contribution in [0.5, 0.6) is 5.75 Å². The van der Waals surface area contributed by atoms with Crippen LogP contribution in [0.1, 0.15) is 16.9 Å². The summed E-state index contributed by atoms with van der Waals surface area (Å²) in [4.78, 5) is 16.4. The first-order chi connectivity index (χ1) is 10.8. The highest BCUT2D eigenvalue weighted by molar-refractivity contribution is 5.91. The number of amides is 1. The third-order valence-electron chi connectivity index (χ3n) is 3.85. The van der Waals surface area contributed by atoms with E-state index in [0.717, 1.165) is 37.5 Å². The van der Waals surface area contributed by atoms with Gasteiger partial charge in [0.2, 0.25) is 0 Å². The number of carbonyl (C=O) groups excluding carboxylic acids is 1. The second kappa shape index (κ2) is 6.46. The van der Waals surface area contributed by atoms with Crippen LogP contribution in [0.25, 0.3) is 0 Å². The van der Waals surface area contributed by atoms with Crippen molar-refractivity contribution in [3.8, 4) is 5.75 Å². The topological polar surface area (TPSA) is 74.3 Å². The first kappa shape index (κ1) is 14.4. The van der Waals surface area contributed by atoms with E-state index in [1.54, 1.807) is 7.11 Å². The van der Waals surface area contributed by atoms with E-state index in [2.05, 4.69) is 20.3 Å². The number of benzene rings is 1. The van der Waals surface area contributed by atoms with Crippen molar-refractivity contribution >= 4 is 11.6 Å². The molecule has 1 amide bonds. The van der Waals surface area contributed by atoms with Gasteiger partial charge in [-0.05, 0) is 30.7 Å². The van der Waals surface area contributed by atoms with Crippen molar-refractivity contribution in [2.75, 3.05) is 38.2 Å². The van der Waals surface area contributed by atoms with Crippen molar-refractivity contribution in [3.63, 3.8) is 0 Å². The third-order valence-corrected chi connectivity index (χ3v) is 3.85. The maximum absolute atomic E-state index is 12.3. The van der Waals surface area contributed by atoms with Crippen LogP contribution in [0.3, 0.4) is 0 Å². The van der Waals surface area contributed by atoms with E-state index in [-0.39, 0.29) is 5.91 Å². The fraction of sp³-hybridized carbons (Fsp3) is 0.400. The minimum atomic E-state index is -0.0645. The number of hydrogen-bond acceptors (Lipinski definition) is 5. The molecule has 0 aliphatic carbocycles. The lowest BCUT2D eigenvalue weighted by Crippen LogP contribution is -2.35. The van der Waals surface area contributed by atoms with Gasteiger partial charge >= 0.3 is 0 Å². The van der Waals surface area contributed by atoms with E-state index in [4.69, 9.17) is 4.74 Å². The molecule has 0 spiro atoms. The van der Waals surface area contributed by atoms with Crippen LogP contribution in [-0.2, 0) is 0 Å². The SMILES string of the molecule is COc1ccc(N2CCCN(C(=O)c3cn[nH]n3)CC2)cc1. The average Bonchev–Trinajstić information content (AvgIpc) is 2.99. The lowest BCUT2D eigenvalue weighted by molar-refractivity contribution is 0.0761. The van der Waals surface area contributed by atoms with Gasteiger partial charge in [0.15, 0.2) is 5.69 Å². The molecular formula is C15H19N5O2. The van der Waals surface area contributed by atoms with Gasteiger partial charge in [0.1, 0.15) is 5.75 Å². The molecule has 2 aromatic rings. The van der Waals surface area contributed by atoms with Crippen molar-refractivity contribution in [2.45, 2.75) is 6.42 Å². The van der Waals surface area contributed by atoms with Crippen LogP contribution in [0, 0.1) is 0 Å². The number of anilines is 1. The summed E-state index contributed by atoms with van der Waals surface area (Å²) in [5.41, 5.74) is 1.52. The summed E-state index contributed by atoms with van der Waals surface area (Å²) >= 11 is 0. The summed E-state index contributed by atoms with van der Waals surface area (Å²) in [6.07, 6.45) is 2.39. The highest BCUT2D eigenvalue weighted by atomic mass is 16.5. The molecule has 0 radical (unpaired) electrons. The third kappa shape index (κ3) is 3.03. The minimum absolute atomic E-state index is 0.0645. The van der Waals surface area contributed by atoms with E-state index in [1.165, 1.54) is 6.20 Å². The van der Waals surface area contributed by atoms with Gasteiger partial charge < -0.3 is 14.5 Å². The zero-order valence-electron chi connectivity index (χ0n) is 12.5. The van der Waals surface area contributed by atoms with Gasteiger partial charge in [0.05, 0.1) is 13.3 Å². The van der Waals surface area contributed by atoms with Crippen molar-refractivity contribution in [1.29, 1.82) is 0 Å². The molecule has 3 rings (SSSR count). The van der Waals surface area contributed by atoms with Crippen LogP contribution in [0.4, 0.5) is 5.69 Å². The molecule has 116 valence electrons. The van der Waals surface area contributed by atoms with Gasteiger partial charge in [0, 0.05) is 31.9 Å². The number of carbonyl (C=O) groups is 1. The summed E-state index contributed by atoms with van der Waals surface area (Å²) in [7, 11) is 1.66. The Balaban J connectivity index is 1.65. The number of nitrogens with zero attached hydrogens (tertiary/aromatic N) is 4. The molecule has 1 aromatic heterocycles. The normalized spacial score (nSPS) is 15.5. The Labute approximate surface area is 128 Å². The van der Waals surface area contributed by atoms with Gasteiger partial charge in [0.25, 0.3) is 5.91 Å². The molecule has 7 heteroatoms. The molecule has 1 N–H and O–H groups in total. The lowest BCUT2D eigenvalue weighted by Gasteiger charge is -2.23. The molecule has 1 aliphatic rings. The maximum atomic E-state index is 12.3. The zero-order valence-corrected chi connectivity index (χ0v) is 12.5. The van der Waals surface area contributed by atoms with E-state index >= 15 is 0 Å². The smallest absolute Gasteiger partial charge is 0.276 e. The molecule has 0 atom stereocenters. The number of H-pyrrole nitrogens is 1. The van der Waals surface area contributed by atoms with Crippen LogP contribution in [0.15, 0.2) is 30.5 Å². The minimum Gasteiger partial charge on any atom is -0.497 e. The fourth-order valence-corrected chi connectivity index (χ4v) is 2.64. The van der Waals surface area contributed by atoms with Crippen LogP contribution >= 0.6 is 0 Å². The molecule has 22 heavy (non-hydrogen) atoms. The summed E-state index contributed by atoms with van der Waals surface area (Å²) in [6.45, 7) is 3.14. The van der Waals surface area contributed by atoms with Crippen molar-refractivity contribution < 1.29 is 9.53 Å². The second-order valence-corrected chi connectivity index (χ2v) is 5.19. The highest BCUT2D eigenvalue weighted by Crippen LogP contribution is 2.20. The quantitative estimate of drug-likeness (QED) is 0.921. The molecule has 1 fully saturated rings. The Morgan fingerprint density at radius 2 is 2.00 bits per heavy atom. The van der Waals surface area contributed by atoms with Gasteiger partial charge in [-0.3, -0.25) is 4.79 Å². The molecule has 2 heterocycles. The average molecular weight is 301 g/mol. The second-order valence-electron chi connectivity index (χ2n) is 5.19. The largest absolute Gasteiger partial charge is 0.497 e. The zero-order chi connectivity index (χ0) is 15.4. The number of aromatic amines is 1. The monoisotopic (exact) mass is 301 g/mol. The van der Waals surface area contributed by atoms with E-state index in [0.29, 0.717) is 12.2 Å². The number of nitrogens with one attached hydrogen (secondary N) is 1. The number of ether oxygens (including phenoxy) is 1. The molecule has 0 unspecified atom stereocenters. The van der Waals surface area contributed by atoms with Crippen LogP contribution in [0.2, 0.25) is 0 Å². The summed E-state index contributed by atoms with van der Waals surface area (Å²) in [5.74, 6) is 0.784. The molecule has 0 saturated carbocycles. The van der Waals surface area contributed by atoms with Gasteiger partial charge in [-0.15, -0.1) is 0 Å². The van der Waals surface area contributed by atoms with E-state index in [1.807, 2.05) is 29.2 Å². The standard InChI is InChI=1S/C15H19N5O2/c1-22-13-5-3-12(4-6-13)19-7-2-8-20(10-9-19)15(21)14-11-16-18-17-14/h3-6,11H,2,7-10H2,1H3,(H,16,17,18). The summed E-state index contributed by atoms with van der Waals surface area (Å²) in [6, 6.07) is 8.01. The van der Waals surface area contributed by atoms with Gasteiger partial charge in [-0.1, -0.05) is 0 Å². The van der Waals surface area contributed by atoms with Crippen LogP contribution in [-0.4, -0.2) is 59.5 Å². The molecule has 1 saturated heterocycles. The molecule has 1 aromatic carbocycles. The van der Waals surface area contributed by atoms with Gasteiger partial charge in [-0.25, -0.2) is 0 Å². The Bertz CT molecular complexity index is 611. The molecular weight excluding hydrogens is 282 g/mol. The summed E-state index contributed by atoms with van der Waals surface area (Å²) in [5, 5.41) is 10.0. The highest BCUT2D eigenvalue weighted by Gasteiger charge is 2.22. The van der Waals surface area contributed by atoms with Crippen LogP contribution < -0.4 is 9.64 Å². The van der Waals surface area contributed by atoms with E-state index in [9.17, 15) is 4.79 Å². The predicted octanol–water partition coefficient (Wildman–Crippen LogP) is 1.17. The summed E-state index contributed by atoms with van der Waals surface area (Å²) < 4.78 is 5.18. The molecule has 1 aliphatic heterocycles. The van der Waals surface area contributed by atoms with E-state index < -0.39 is 0 Å². The number of hydrogen-bond donors (Lipinski definition) is 1. The number of aromatic nitrogens is 3. The predicted molar refractivity (Wildman–Crippen MR) is 82.1 cm³/mol. The molecule has 7 nitrogen and oxygen atoms in total. The first-order valence-electron chi connectivity index (χ1n) is 7.32. The van der Waals surface area contributed by atoms with Crippen molar-refractivity contribution in [3.05, 3.63) is 36.2 Å². The fourth-order valence-electron chi connectivity index (χ4n) is 2.64.